The Morgan fingerprint density at radius 2 is 1.06 bits per heavy atom. The van der Waals surface area contributed by atoms with Gasteiger partial charge in [-0.05, 0) is 116 Å². The van der Waals surface area contributed by atoms with E-state index >= 15 is 0 Å². The molecule has 4 aromatic rings. The van der Waals surface area contributed by atoms with Crippen LogP contribution in [0, 0.1) is 13.8 Å². The summed E-state index contributed by atoms with van der Waals surface area (Å²) in [5, 5.41) is 18.5. The molecule has 0 aliphatic rings. The minimum absolute atomic E-state index is 0.221. The van der Waals surface area contributed by atoms with Crippen molar-refractivity contribution < 1.29 is 52.9 Å². The highest BCUT2D eigenvalue weighted by Gasteiger charge is 2.18. The zero-order valence-corrected chi connectivity index (χ0v) is 26.3. The maximum atomic E-state index is 12.9. The zero-order valence-electron chi connectivity index (χ0n) is 26.3. The third-order valence-electron chi connectivity index (χ3n) is 7.15. The maximum absolute atomic E-state index is 12.9. The van der Waals surface area contributed by atoms with E-state index in [9.17, 15) is 29.2 Å². The largest absolute Gasteiger partial charge is 0.494 e. The van der Waals surface area contributed by atoms with E-state index in [4.69, 9.17) is 23.7 Å². The fourth-order valence-corrected chi connectivity index (χ4v) is 4.24. The Bertz CT molecular complexity index is 1760. The molecular formula is C36H33BO11. The predicted molar refractivity (Wildman–Crippen MR) is 176 cm³/mol. The molecule has 0 saturated carbocycles. The normalized spacial score (nSPS) is 10.4. The molecule has 48 heavy (non-hydrogen) atoms. The van der Waals surface area contributed by atoms with E-state index in [0.29, 0.717) is 41.9 Å². The summed E-state index contributed by atoms with van der Waals surface area (Å²) in [5.74, 6) is -0.971. The topological polar surface area (TPSA) is 155 Å². The lowest BCUT2D eigenvalue weighted by Gasteiger charge is -2.14. The van der Waals surface area contributed by atoms with Crippen LogP contribution in [0.3, 0.4) is 0 Å². The molecule has 4 aromatic carbocycles. The molecule has 0 atom stereocenters. The lowest BCUT2D eigenvalue weighted by atomic mass is 9.80. The summed E-state index contributed by atoms with van der Waals surface area (Å²) in [4.78, 5) is 49.1. The van der Waals surface area contributed by atoms with Gasteiger partial charge in [-0.1, -0.05) is 18.7 Å². The second kappa shape index (κ2) is 16.7. The molecule has 0 aliphatic heterocycles. The van der Waals surface area contributed by atoms with Gasteiger partial charge in [0.1, 0.15) is 23.0 Å². The molecule has 0 fully saturated rings. The Morgan fingerprint density at radius 1 is 0.625 bits per heavy atom. The highest BCUT2D eigenvalue weighted by Crippen LogP contribution is 2.30. The van der Waals surface area contributed by atoms with Crippen molar-refractivity contribution in [2.24, 2.45) is 0 Å². The first-order valence-corrected chi connectivity index (χ1v) is 14.9. The molecule has 0 aromatic heterocycles. The molecule has 2 N–H and O–H groups in total. The number of esters is 4. The van der Waals surface area contributed by atoms with E-state index in [1.807, 2.05) is 0 Å². The van der Waals surface area contributed by atoms with E-state index < -0.39 is 31.0 Å². The van der Waals surface area contributed by atoms with Crippen LogP contribution in [0.15, 0.2) is 97.6 Å². The quantitative estimate of drug-likeness (QED) is 0.0649. The Balaban J connectivity index is 1.27. The van der Waals surface area contributed by atoms with Crippen molar-refractivity contribution in [1.82, 2.24) is 0 Å². The summed E-state index contributed by atoms with van der Waals surface area (Å²) in [6.07, 6.45) is 2.43. The van der Waals surface area contributed by atoms with Crippen molar-refractivity contribution in [2.45, 2.75) is 26.7 Å². The minimum Gasteiger partial charge on any atom is -0.494 e. The molecule has 0 saturated heterocycles. The number of hydrogen-bond acceptors (Lipinski definition) is 11. The molecule has 12 heteroatoms. The van der Waals surface area contributed by atoms with Gasteiger partial charge in [0.05, 0.1) is 29.9 Å². The van der Waals surface area contributed by atoms with Gasteiger partial charge in [-0.25, -0.2) is 19.2 Å². The van der Waals surface area contributed by atoms with Crippen molar-refractivity contribution in [3.63, 3.8) is 0 Å². The first-order valence-electron chi connectivity index (χ1n) is 14.9. The first kappa shape index (κ1) is 35.1. The SMILES string of the molecule is C=CC(=O)OCCCCOc1ccc(C(=O)Oc2ccc(C(=O)Oc3ccc(OC(=O)c4ccc(B(O)O)cc4)c(C)c3C)cc2)cc1. The minimum atomic E-state index is -1.64. The summed E-state index contributed by atoms with van der Waals surface area (Å²) >= 11 is 0. The van der Waals surface area contributed by atoms with Gasteiger partial charge in [-0.15, -0.1) is 0 Å². The standard InChI is InChI=1S/C36H33BO11/c1-4-33(38)45-22-6-5-21-44-29-15-9-26(10-16-29)34(39)46-30-17-11-27(12-18-30)36(41)48-32-20-19-31(23(2)24(32)3)47-35(40)25-7-13-28(14-8-25)37(42)43/h4,7-20,42-43H,1,5-6,21-22H2,2-3H3. The third kappa shape index (κ3) is 9.65. The van der Waals surface area contributed by atoms with Crippen LogP contribution in [0.5, 0.6) is 23.0 Å². The number of benzene rings is 4. The van der Waals surface area contributed by atoms with E-state index in [1.165, 1.54) is 60.7 Å². The van der Waals surface area contributed by atoms with E-state index in [2.05, 4.69) is 6.58 Å². The monoisotopic (exact) mass is 652 g/mol. The average molecular weight is 652 g/mol. The average Bonchev–Trinajstić information content (AvgIpc) is 3.09. The number of ether oxygens (including phenoxy) is 5. The van der Waals surface area contributed by atoms with Crippen molar-refractivity contribution in [3.05, 3.63) is 125 Å². The van der Waals surface area contributed by atoms with Crippen LogP contribution in [-0.2, 0) is 9.53 Å². The first-order chi connectivity index (χ1) is 23.0. The number of carbonyl (C=O) groups excluding carboxylic acids is 4. The van der Waals surface area contributed by atoms with Gasteiger partial charge in [-0.3, -0.25) is 0 Å². The van der Waals surface area contributed by atoms with E-state index in [0.717, 1.165) is 6.08 Å². The molecule has 246 valence electrons. The molecule has 0 bridgehead atoms. The number of rotatable bonds is 14. The molecule has 11 nitrogen and oxygen atoms in total. The Kier molecular flexibility index (Phi) is 12.2. The molecule has 0 aliphatic carbocycles. The van der Waals surface area contributed by atoms with Gasteiger partial charge >= 0.3 is 31.0 Å². The Labute approximate surface area is 277 Å². The van der Waals surface area contributed by atoms with Crippen molar-refractivity contribution >= 4 is 36.5 Å². The van der Waals surface area contributed by atoms with Crippen LogP contribution in [0.4, 0.5) is 0 Å². The fourth-order valence-electron chi connectivity index (χ4n) is 4.24. The van der Waals surface area contributed by atoms with Crippen LogP contribution in [0.25, 0.3) is 0 Å². The highest BCUT2D eigenvalue weighted by molar-refractivity contribution is 6.58. The Hall–Kier alpha value is -5.72. The number of carbonyl (C=O) groups is 4. The van der Waals surface area contributed by atoms with Crippen LogP contribution < -0.4 is 24.4 Å². The van der Waals surface area contributed by atoms with Crippen LogP contribution >= 0.6 is 0 Å². The van der Waals surface area contributed by atoms with Gasteiger partial charge in [0.25, 0.3) is 0 Å². The Morgan fingerprint density at radius 3 is 1.54 bits per heavy atom. The molecule has 4 rings (SSSR count). The van der Waals surface area contributed by atoms with Gasteiger partial charge < -0.3 is 33.7 Å². The van der Waals surface area contributed by atoms with Gasteiger partial charge in [0, 0.05) is 6.08 Å². The summed E-state index contributed by atoms with van der Waals surface area (Å²) in [5.41, 5.74) is 2.16. The number of unbranched alkanes of at least 4 members (excludes halogenated alkanes) is 1. The lowest BCUT2D eigenvalue weighted by Crippen LogP contribution is -2.29. The smallest absolute Gasteiger partial charge is 0.488 e. The fraction of sp³-hybridized carbons (Fsp3) is 0.167. The van der Waals surface area contributed by atoms with Crippen LogP contribution in [-0.4, -0.2) is 54.3 Å². The third-order valence-corrected chi connectivity index (χ3v) is 7.15. The van der Waals surface area contributed by atoms with Crippen LogP contribution in [0.2, 0.25) is 0 Å². The van der Waals surface area contributed by atoms with Crippen molar-refractivity contribution in [3.8, 4) is 23.0 Å². The van der Waals surface area contributed by atoms with Crippen molar-refractivity contribution in [2.75, 3.05) is 13.2 Å². The molecule has 0 spiro atoms. The number of hydrogen-bond donors (Lipinski definition) is 2. The highest BCUT2D eigenvalue weighted by atomic mass is 16.5. The van der Waals surface area contributed by atoms with Gasteiger partial charge in [0.15, 0.2) is 0 Å². The molecule has 0 unspecified atom stereocenters. The van der Waals surface area contributed by atoms with Gasteiger partial charge in [0.2, 0.25) is 0 Å². The second-order valence-electron chi connectivity index (χ2n) is 10.5. The molecule has 0 radical (unpaired) electrons. The van der Waals surface area contributed by atoms with Crippen LogP contribution in [0.1, 0.15) is 55.0 Å². The van der Waals surface area contributed by atoms with Gasteiger partial charge in [-0.2, -0.15) is 0 Å². The van der Waals surface area contributed by atoms with Crippen molar-refractivity contribution in [1.29, 1.82) is 0 Å². The zero-order chi connectivity index (χ0) is 34.6. The second-order valence-corrected chi connectivity index (χ2v) is 10.5. The molecular weight excluding hydrogens is 619 g/mol. The summed E-state index contributed by atoms with van der Waals surface area (Å²) in [6.45, 7) is 7.48. The summed E-state index contributed by atoms with van der Waals surface area (Å²) in [6, 6.07) is 21.1. The van der Waals surface area contributed by atoms with E-state index in [-0.39, 0.29) is 40.4 Å². The van der Waals surface area contributed by atoms with E-state index in [1.54, 1.807) is 38.1 Å². The molecule has 0 heterocycles. The maximum Gasteiger partial charge on any atom is 0.488 e. The summed E-state index contributed by atoms with van der Waals surface area (Å²) < 4.78 is 27.1. The molecule has 0 amide bonds. The lowest BCUT2D eigenvalue weighted by molar-refractivity contribution is -0.137. The predicted octanol–water partition coefficient (Wildman–Crippen LogP) is 4.53. The summed E-state index contributed by atoms with van der Waals surface area (Å²) in [7, 11) is -1.64.